The van der Waals surface area contributed by atoms with Crippen molar-refractivity contribution in [2.75, 3.05) is 6.61 Å². The van der Waals surface area contributed by atoms with Crippen molar-refractivity contribution in [1.82, 2.24) is 15.1 Å². The quantitative estimate of drug-likeness (QED) is 0.302. The van der Waals surface area contributed by atoms with Crippen molar-refractivity contribution < 1.29 is 14.3 Å². The molecule has 1 aromatic heterocycles. The summed E-state index contributed by atoms with van der Waals surface area (Å²) in [5.74, 6) is -1.43. The zero-order valence-electron chi connectivity index (χ0n) is 17.9. The second-order valence-corrected chi connectivity index (χ2v) is 7.93. The Bertz CT molecular complexity index is 1260. The van der Waals surface area contributed by atoms with Gasteiger partial charge in [0.25, 0.3) is 5.91 Å². The van der Waals surface area contributed by atoms with Crippen molar-refractivity contribution >= 4 is 41.2 Å². The molecule has 1 heterocycles. The zero-order chi connectivity index (χ0) is 24.0. The van der Waals surface area contributed by atoms with E-state index in [1.165, 1.54) is 6.08 Å². The van der Waals surface area contributed by atoms with E-state index < -0.39 is 18.5 Å². The predicted molar refractivity (Wildman–Crippen MR) is 126 cm³/mol. The first-order chi connectivity index (χ1) is 15.8. The molecule has 0 unspecified atom stereocenters. The third kappa shape index (κ3) is 6.01. The van der Waals surface area contributed by atoms with E-state index in [9.17, 15) is 14.9 Å². The maximum atomic E-state index is 12.4. The fraction of sp³-hybridized carbons (Fsp3) is 0.167. The summed E-state index contributed by atoms with van der Waals surface area (Å²) in [7, 11) is 0. The first-order valence-electron chi connectivity index (χ1n) is 9.91. The van der Waals surface area contributed by atoms with Crippen molar-refractivity contribution in [2.24, 2.45) is 0 Å². The molecule has 0 radical (unpaired) electrons. The van der Waals surface area contributed by atoms with E-state index >= 15 is 0 Å². The van der Waals surface area contributed by atoms with Gasteiger partial charge in [-0.25, -0.2) is 9.48 Å². The summed E-state index contributed by atoms with van der Waals surface area (Å²) in [6.45, 7) is 3.23. The molecule has 1 N–H and O–H groups in total. The number of benzene rings is 2. The largest absolute Gasteiger partial charge is 0.451 e. The summed E-state index contributed by atoms with van der Waals surface area (Å²) in [5.41, 5.74) is 3.33. The lowest BCUT2D eigenvalue weighted by molar-refractivity contribution is -0.144. The van der Waals surface area contributed by atoms with Gasteiger partial charge >= 0.3 is 5.97 Å². The Kier molecular flexibility index (Phi) is 7.88. The molecule has 1 amide bonds. The number of nitriles is 1. The van der Waals surface area contributed by atoms with Gasteiger partial charge in [0.05, 0.1) is 11.4 Å². The molecular weight excluding hydrogens is 463 g/mol. The van der Waals surface area contributed by atoms with Crippen LogP contribution in [0.1, 0.15) is 22.5 Å². The second-order valence-electron chi connectivity index (χ2n) is 7.09. The molecule has 168 valence electrons. The van der Waals surface area contributed by atoms with Crippen molar-refractivity contribution in [1.29, 1.82) is 5.26 Å². The molecule has 0 saturated heterocycles. The molecule has 0 fully saturated rings. The van der Waals surface area contributed by atoms with Gasteiger partial charge < -0.3 is 10.1 Å². The number of nitrogens with zero attached hydrogens (tertiary/aromatic N) is 3. The molecular formula is C24H20Cl2N4O3. The van der Waals surface area contributed by atoms with Gasteiger partial charge in [-0.1, -0.05) is 47.5 Å². The molecule has 0 saturated carbocycles. The second kappa shape index (κ2) is 10.8. The highest BCUT2D eigenvalue weighted by Gasteiger charge is 2.17. The highest BCUT2D eigenvalue weighted by molar-refractivity contribution is 6.35. The number of hydrogen-bond acceptors (Lipinski definition) is 5. The maximum Gasteiger partial charge on any atom is 0.349 e. The summed E-state index contributed by atoms with van der Waals surface area (Å²) < 4.78 is 6.75. The number of carbonyl (C=O) groups is 2. The van der Waals surface area contributed by atoms with Crippen LogP contribution in [0.4, 0.5) is 0 Å². The summed E-state index contributed by atoms with van der Waals surface area (Å²) in [4.78, 5) is 24.5. The fourth-order valence-corrected chi connectivity index (χ4v) is 3.56. The van der Waals surface area contributed by atoms with Gasteiger partial charge in [-0.2, -0.15) is 10.4 Å². The van der Waals surface area contributed by atoms with Crippen LogP contribution in [-0.4, -0.2) is 28.3 Å². The van der Waals surface area contributed by atoms with Crippen LogP contribution < -0.4 is 5.32 Å². The Labute approximate surface area is 201 Å². The lowest BCUT2D eigenvalue weighted by Crippen LogP contribution is -2.28. The standard InChI is InChI=1S/C24H20Cl2N4O3/c1-15-21(16(2)30(29-15)20-6-4-3-5-7-20)10-18(12-27)24(32)33-14-23(31)28-13-17-8-9-19(25)11-22(17)26/h3-11H,13-14H2,1-2H3,(H,28,31)/b18-10+. The van der Waals surface area contributed by atoms with Crippen molar-refractivity contribution in [3.63, 3.8) is 0 Å². The van der Waals surface area contributed by atoms with E-state index in [0.717, 1.165) is 11.4 Å². The average molecular weight is 483 g/mol. The number of hydrogen-bond donors (Lipinski definition) is 1. The molecule has 0 atom stereocenters. The summed E-state index contributed by atoms with van der Waals surface area (Å²) >= 11 is 11.9. The topological polar surface area (TPSA) is 97.0 Å². The predicted octanol–water partition coefficient (Wildman–Crippen LogP) is 4.56. The van der Waals surface area contributed by atoms with Gasteiger partial charge in [0.15, 0.2) is 6.61 Å². The Morgan fingerprint density at radius 2 is 1.91 bits per heavy atom. The first kappa shape index (κ1) is 24.1. The Hall–Kier alpha value is -3.60. The molecule has 3 rings (SSSR count). The van der Waals surface area contributed by atoms with Crippen LogP contribution in [0.2, 0.25) is 10.0 Å². The number of esters is 1. The summed E-state index contributed by atoms with van der Waals surface area (Å²) in [6, 6.07) is 16.2. The number of carbonyl (C=O) groups excluding carboxylic acids is 2. The average Bonchev–Trinajstić information content (AvgIpc) is 3.09. The number of aromatic nitrogens is 2. The van der Waals surface area contributed by atoms with Gasteiger partial charge in [-0.05, 0) is 49.8 Å². The number of para-hydroxylation sites is 1. The lowest BCUT2D eigenvalue weighted by atomic mass is 10.1. The van der Waals surface area contributed by atoms with E-state index in [2.05, 4.69) is 10.4 Å². The van der Waals surface area contributed by atoms with E-state index in [0.29, 0.717) is 26.9 Å². The van der Waals surface area contributed by atoms with Gasteiger partial charge in [0, 0.05) is 27.8 Å². The van der Waals surface area contributed by atoms with Crippen LogP contribution in [0.15, 0.2) is 54.1 Å². The molecule has 3 aromatic rings. The van der Waals surface area contributed by atoms with E-state index in [1.54, 1.807) is 29.8 Å². The van der Waals surface area contributed by atoms with Gasteiger partial charge in [-0.3, -0.25) is 4.79 Å². The van der Waals surface area contributed by atoms with E-state index in [-0.39, 0.29) is 12.1 Å². The molecule has 0 aliphatic carbocycles. The van der Waals surface area contributed by atoms with Crippen molar-refractivity contribution in [3.05, 3.63) is 86.7 Å². The fourth-order valence-electron chi connectivity index (χ4n) is 3.08. The van der Waals surface area contributed by atoms with E-state index in [4.69, 9.17) is 27.9 Å². The van der Waals surface area contributed by atoms with Crippen LogP contribution in [0.5, 0.6) is 0 Å². The van der Waals surface area contributed by atoms with Gasteiger partial charge in [-0.15, -0.1) is 0 Å². The molecule has 0 aliphatic rings. The third-order valence-corrected chi connectivity index (χ3v) is 5.39. The van der Waals surface area contributed by atoms with Crippen molar-refractivity contribution in [2.45, 2.75) is 20.4 Å². The molecule has 0 spiro atoms. The summed E-state index contributed by atoms with van der Waals surface area (Å²) in [5, 5.41) is 17.5. The highest BCUT2D eigenvalue weighted by atomic mass is 35.5. The first-order valence-corrected chi connectivity index (χ1v) is 10.7. The maximum absolute atomic E-state index is 12.4. The molecule has 7 nitrogen and oxygen atoms in total. The van der Waals surface area contributed by atoms with Crippen LogP contribution in [-0.2, 0) is 20.9 Å². The van der Waals surface area contributed by atoms with Gasteiger partial charge in [0.1, 0.15) is 11.6 Å². The van der Waals surface area contributed by atoms with Crippen molar-refractivity contribution in [3.8, 4) is 11.8 Å². The number of aryl methyl sites for hydroxylation is 1. The molecule has 2 aromatic carbocycles. The van der Waals surface area contributed by atoms with Crippen LogP contribution in [0.3, 0.4) is 0 Å². The van der Waals surface area contributed by atoms with Crippen LogP contribution >= 0.6 is 23.2 Å². The Morgan fingerprint density at radius 3 is 2.58 bits per heavy atom. The monoisotopic (exact) mass is 482 g/mol. The smallest absolute Gasteiger partial charge is 0.349 e. The number of amides is 1. The highest BCUT2D eigenvalue weighted by Crippen LogP contribution is 2.22. The third-order valence-electron chi connectivity index (χ3n) is 4.80. The molecule has 33 heavy (non-hydrogen) atoms. The zero-order valence-corrected chi connectivity index (χ0v) is 19.4. The SMILES string of the molecule is Cc1nn(-c2ccccc2)c(C)c1/C=C(\C#N)C(=O)OCC(=O)NCc1ccc(Cl)cc1Cl. The Balaban J connectivity index is 1.65. The Morgan fingerprint density at radius 1 is 1.18 bits per heavy atom. The molecule has 9 heteroatoms. The lowest BCUT2D eigenvalue weighted by Gasteiger charge is -2.08. The van der Waals surface area contributed by atoms with Crippen LogP contribution in [0.25, 0.3) is 11.8 Å². The van der Waals surface area contributed by atoms with Crippen LogP contribution in [0, 0.1) is 25.2 Å². The van der Waals surface area contributed by atoms with E-state index in [1.807, 2.05) is 43.3 Å². The van der Waals surface area contributed by atoms with Gasteiger partial charge in [0.2, 0.25) is 0 Å². The minimum Gasteiger partial charge on any atom is -0.451 e. The normalized spacial score (nSPS) is 11.1. The number of halogens is 2. The molecule has 0 aliphatic heterocycles. The minimum atomic E-state index is -0.900. The minimum absolute atomic E-state index is 0.143. The molecule has 0 bridgehead atoms. The number of ether oxygens (including phenoxy) is 1. The summed E-state index contributed by atoms with van der Waals surface area (Å²) in [6.07, 6.45) is 1.42. The number of nitrogens with one attached hydrogen (secondary N) is 1. The number of rotatable bonds is 7.